The largest absolute Gasteiger partial charge is 0.416 e. The van der Waals surface area contributed by atoms with Gasteiger partial charge in [-0.15, -0.1) is 45.3 Å². The summed E-state index contributed by atoms with van der Waals surface area (Å²) in [6, 6.07) is 17.3. The Hall–Kier alpha value is -3.58. The SMILES string of the molecule is O=Cc1cc(-c2ccc(C(F)(F)F)cc2)sc1Cc1cc2sc(Cc3sc(-c4ccc(C(F)(F)F)cc4)cc3C=O)cc2s1. The number of fused-ring (bicyclic) bond motifs is 1. The number of hydrogen-bond donors (Lipinski definition) is 0. The van der Waals surface area contributed by atoms with Crippen molar-refractivity contribution in [1.29, 1.82) is 0 Å². The average Bonchev–Trinajstić information content (AvgIpc) is 3.75. The zero-order chi connectivity index (χ0) is 31.2. The van der Waals surface area contributed by atoms with Crippen LogP contribution in [0.2, 0.25) is 0 Å². The third-order valence-electron chi connectivity index (χ3n) is 6.91. The van der Waals surface area contributed by atoms with E-state index in [1.54, 1.807) is 34.8 Å². The van der Waals surface area contributed by atoms with E-state index in [4.69, 9.17) is 0 Å². The second kappa shape index (κ2) is 11.7. The van der Waals surface area contributed by atoms with E-state index in [2.05, 4.69) is 12.1 Å². The molecule has 0 N–H and O–H groups in total. The van der Waals surface area contributed by atoms with Gasteiger partial charge in [0.15, 0.2) is 12.6 Å². The number of carbonyl (C=O) groups excluding carboxylic acids is 2. The highest BCUT2D eigenvalue weighted by molar-refractivity contribution is 7.28. The van der Waals surface area contributed by atoms with E-state index in [1.165, 1.54) is 46.9 Å². The fraction of sp³-hybridized carbons (Fsp3) is 0.125. The Morgan fingerprint density at radius 2 is 0.886 bits per heavy atom. The van der Waals surface area contributed by atoms with Crippen molar-refractivity contribution in [3.05, 3.63) is 115 Å². The van der Waals surface area contributed by atoms with E-state index in [1.807, 2.05) is 0 Å². The molecule has 0 saturated heterocycles. The van der Waals surface area contributed by atoms with Crippen LogP contribution in [0.1, 0.15) is 51.4 Å². The van der Waals surface area contributed by atoms with Gasteiger partial charge in [0.05, 0.1) is 11.1 Å². The van der Waals surface area contributed by atoms with Crippen LogP contribution < -0.4 is 0 Å². The summed E-state index contributed by atoms with van der Waals surface area (Å²) >= 11 is 5.93. The molecule has 2 aromatic carbocycles. The first-order valence-electron chi connectivity index (χ1n) is 12.9. The summed E-state index contributed by atoms with van der Waals surface area (Å²) in [6.45, 7) is 0. The minimum Gasteiger partial charge on any atom is -0.298 e. The molecular formula is C32H18F6O2S4. The third kappa shape index (κ3) is 6.30. The van der Waals surface area contributed by atoms with E-state index in [-0.39, 0.29) is 0 Å². The van der Waals surface area contributed by atoms with Crippen molar-refractivity contribution in [3.8, 4) is 20.9 Å². The van der Waals surface area contributed by atoms with E-state index in [0.717, 1.165) is 65.7 Å². The zero-order valence-corrected chi connectivity index (χ0v) is 25.5. The van der Waals surface area contributed by atoms with Crippen LogP contribution in [-0.4, -0.2) is 12.6 Å². The molecule has 0 bridgehead atoms. The van der Waals surface area contributed by atoms with Crippen molar-refractivity contribution in [2.75, 3.05) is 0 Å². The molecule has 0 saturated carbocycles. The van der Waals surface area contributed by atoms with E-state index in [9.17, 15) is 35.9 Å². The van der Waals surface area contributed by atoms with Gasteiger partial charge in [-0.3, -0.25) is 9.59 Å². The lowest BCUT2D eigenvalue weighted by Crippen LogP contribution is -2.03. The molecule has 4 heterocycles. The molecule has 12 heteroatoms. The van der Waals surface area contributed by atoms with Gasteiger partial charge >= 0.3 is 12.4 Å². The Morgan fingerprint density at radius 3 is 1.20 bits per heavy atom. The number of hydrogen-bond acceptors (Lipinski definition) is 6. The van der Waals surface area contributed by atoms with Gasteiger partial charge in [-0.05, 0) is 59.7 Å². The Morgan fingerprint density at radius 1 is 0.523 bits per heavy atom. The molecule has 0 fully saturated rings. The Kier molecular flexibility index (Phi) is 8.12. The minimum absolute atomic E-state index is 0.505. The molecule has 0 aliphatic rings. The van der Waals surface area contributed by atoms with Gasteiger partial charge in [-0.2, -0.15) is 26.3 Å². The molecule has 224 valence electrons. The normalized spacial score (nSPS) is 12.2. The van der Waals surface area contributed by atoms with Crippen LogP contribution in [0.25, 0.3) is 30.3 Å². The van der Waals surface area contributed by atoms with Crippen molar-refractivity contribution < 1.29 is 35.9 Å². The van der Waals surface area contributed by atoms with Crippen LogP contribution in [0.5, 0.6) is 0 Å². The molecule has 44 heavy (non-hydrogen) atoms. The summed E-state index contributed by atoms with van der Waals surface area (Å²) in [5.41, 5.74) is 0.772. The number of halogens is 6. The lowest BCUT2D eigenvalue weighted by molar-refractivity contribution is -0.138. The Bertz CT molecular complexity index is 1800. The number of rotatable bonds is 8. The highest BCUT2D eigenvalue weighted by Crippen LogP contribution is 2.41. The summed E-state index contributed by atoms with van der Waals surface area (Å²) in [5.74, 6) is 0. The van der Waals surface area contributed by atoms with Crippen molar-refractivity contribution in [3.63, 3.8) is 0 Å². The molecule has 0 atom stereocenters. The topological polar surface area (TPSA) is 34.1 Å². The average molecular weight is 677 g/mol. The summed E-state index contributed by atoms with van der Waals surface area (Å²) < 4.78 is 79.7. The van der Waals surface area contributed by atoms with Gasteiger partial charge in [0.2, 0.25) is 0 Å². The molecule has 4 aromatic heterocycles. The quantitative estimate of drug-likeness (QED) is 0.119. The molecule has 2 nitrogen and oxygen atoms in total. The molecule has 6 rings (SSSR count). The van der Waals surface area contributed by atoms with Crippen molar-refractivity contribution in [1.82, 2.24) is 0 Å². The molecule has 0 radical (unpaired) electrons. The fourth-order valence-electron chi connectivity index (χ4n) is 4.72. The first-order chi connectivity index (χ1) is 20.9. The predicted molar refractivity (Wildman–Crippen MR) is 166 cm³/mol. The molecule has 0 unspecified atom stereocenters. The Balaban J connectivity index is 1.19. The monoisotopic (exact) mass is 676 g/mol. The fourth-order valence-corrected chi connectivity index (χ4v) is 9.69. The second-order valence-electron chi connectivity index (χ2n) is 9.87. The lowest BCUT2D eigenvalue weighted by atomic mass is 10.1. The van der Waals surface area contributed by atoms with Gasteiger partial charge in [-0.1, -0.05) is 24.3 Å². The standard InChI is InChI=1S/C32H18F6O2S4/c33-31(34,35)21-5-1-17(2-6-21)25-9-19(15-39)27(43-25)11-23-13-29-30(41-23)14-24(42-29)12-28-20(16-40)10-26(44-28)18-3-7-22(8-4-18)32(36,37)38/h1-10,13-16H,11-12H2. The molecule has 6 aromatic rings. The molecule has 0 amide bonds. The van der Waals surface area contributed by atoms with Gasteiger partial charge in [0.25, 0.3) is 0 Å². The maximum atomic E-state index is 12.9. The number of alkyl halides is 6. The number of thiophene rings is 4. The highest BCUT2D eigenvalue weighted by atomic mass is 32.1. The van der Waals surface area contributed by atoms with Gasteiger partial charge in [-0.25, -0.2) is 0 Å². The van der Waals surface area contributed by atoms with E-state index >= 15 is 0 Å². The van der Waals surface area contributed by atoms with Crippen molar-refractivity contribution in [2.45, 2.75) is 25.2 Å². The van der Waals surface area contributed by atoms with Crippen LogP contribution in [0.3, 0.4) is 0 Å². The summed E-state index contributed by atoms with van der Waals surface area (Å²) in [6.07, 6.45) is -6.29. The van der Waals surface area contributed by atoms with E-state index in [0.29, 0.717) is 44.8 Å². The Labute approximate surface area is 262 Å². The molecule has 0 aliphatic carbocycles. The van der Waals surface area contributed by atoms with Crippen LogP contribution in [-0.2, 0) is 25.2 Å². The summed E-state index contributed by atoms with van der Waals surface area (Å²) in [4.78, 5) is 28.7. The molecule has 0 spiro atoms. The lowest BCUT2D eigenvalue weighted by Gasteiger charge is -2.06. The predicted octanol–water partition coefficient (Wildman–Crippen LogP) is 11.3. The van der Waals surface area contributed by atoms with Crippen LogP contribution >= 0.6 is 45.3 Å². The maximum absolute atomic E-state index is 12.9. The third-order valence-corrected chi connectivity index (χ3v) is 11.6. The number of aldehydes is 2. The minimum atomic E-state index is -4.42. The first-order valence-corrected chi connectivity index (χ1v) is 16.2. The molecular weight excluding hydrogens is 659 g/mol. The van der Waals surface area contributed by atoms with Gasteiger partial charge in [0, 0.05) is 62.6 Å². The highest BCUT2D eigenvalue weighted by Gasteiger charge is 2.31. The zero-order valence-electron chi connectivity index (χ0n) is 22.2. The van der Waals surface area contributed by atoms with Gasteiger partial charge in [0.1, 0.15) is 0 Å². The number of benzene rings is 2. The van der Waals surface area contributed by atoms with Gasteiger partial charge < -0.3 is 0 Å². The van der Waals surface area contributed by atoms with Crippen molar-refractivity contribution in [2.24, 2.45) is 0 Å². The van der Waals surface area contributed by atoms with Crippen LogP contribution in [0.15, 0.2) is 72.8 Å². The summed E-state index contributed by atoms with van der Waals surface area (Å²) in [5, 5.41) is 0. The van der Waals surface area contributed by atoms with Crippen LogP contribution in [0, 0.1) is 0 Å². The van der Waals surface area contributed by atoms with Crippen LogP contribution in [0.4, 0.5) is 26.3 Å². The maximum Gasteiger partial charge on any atom is 0.416 e. The number of carbonyl (C=O) groups is 2. The second-order valence-corrected chi connectivity index (χ2v) is 14.5. The van der Waals surface area contributed by atoms with Crippen molar-refractivity contribution >= 4 is 67.3 Å². The molecule has 0 aliphatic heterocycles. The summed E-state index contributed by atoms with van der Waals surface area (Å²) in [7, 11) is 0. The smallest absolute Gasteiger partial charge is 0.298 e. The first kappa shape index (κ1) is 30.4. The van der Waals surface area contributed by atoms with E-state index < -0.39 is 23.5 Å².